The van der Waals surface area contributed by atoms with Crippen molar-refractivity contribution in [3.05, 3.63) is 101 Å². The van der Waals surface area contributed by atoms with Gasteiger partial charge in [0.25, 0.3) is 0 Å². The first kappa shape index (κ1) is 26.2. The van der Waals surface area contributed by atoms with Crippen LogP contribution in [0.2, 0.25) is 0 Å². The summed E-state index contributed by atoms with van der Waals surface area (Å²) in [4.78, 5) is 61.3. The molecular weight excluding hydrogens is 528 g/mol. The molecule has 9 heteroatoms. The summed E-state index contributed by atoms with van der Waals surface area (Å²) >= 11 is 0. The van der Waals surface area contributed by atoms with Gasteiger partial charge >= 0.3 is 23.9 Å². The number of benzene rings is 3. The van der Waals surface area contributed by atoms with E-state index < -0.39 is 47.5 Å². The van der Waals surface area contributed by atoms with Crippen LogP contribution in [0.5, 0.6) is 11.5 Å². The van der Waals surface area contributed by atoms with E-state index in [0.29, 0.717) is 28.2 Å². The summed E-state index contributed by atoms with van der Waals surface area (Å²) in [5.41, 5.74) is 2.67. The van der Waals surface area contributed by atoms with Gasteiger partial charge in [-0.05, 0) is 59.4 Å². The molecule has 0 saturated carbocycles. The summed E-state index contributed by atoms with van der Waals surface area (Å²) < 4.78 is 21.1. The molecule has 6 rings (SSSR count). The van der Waals surface area contributed by atoms with E-state index >= 15 is 0 Å². The van der Waals surface area contributed by atoms with Gasteiger partial charge in [-0.1, -0.05) is 54.6 Å². The van der Waals surface area contributed by atoms with Gasteiger partial charge in [-0.2, -0.15) is 0 Å². The molecule has 0 radical (unpaired) electrons. The minimum atomic E-state index is -0.805. The Balaban J connectivity index is 1.12. The van der Waals surface area contributed by atoms with Crippen molar-refractivity contribution in [3.63, 3.8) is 0 Å². The van der Waals surface area contributed by atoms with E-state index in [1.54, 1.807) is 48.5 Å². The van der Waals surface area contributed by atoms with E-state index in [-0.39, 0.29) is 25.4 Å². The SMILES string of the molecule is O=C1CC(C2CC3C(=O)OC(=O)C3c3cc(OCOc4ccc(/C=C/C(=O)c5ccccc5)cc4)ccc32)C(=O)O1. The molecule has 206 valence electrons. The Hall–Kier alpha value is -5.05. The van der Waals surface area contributed by atoms with Crippen LogP contribution in [-0.4, -0.2) is 36.5 Å². The number of ketones is 1. The second kappa shape index (κ2) is 10.8. The van der Waals surface area contributed by atoms with Crippen LogP contribution >= 0.6 is 0 Å². The highest BCUT2D eigenvalue weighted by molar-refractivity contribution is 6.06. The number of hydrogen-bond acceptors (Lipinski definition) is 9. The monoisotopic (exact) mass is 552 g/mol. The van der Waals surface area contributed by atoms with Crippen molar-refractivity contribution >= 4 is 35.7 Å². The van der Waals surface area contributed by atoms with Gasteiger partial charge in [0.1, 0.15) is 11.5 Å². The van der Waals surface area contributed by atoms with Crippen LogP contribution < -0.4 is 9.47 Å². The van der Waals surface area contributed by atoms with Gasteiger partial charge in [-0.15, -0.1) is 0 Å². The third kappa shape index (κ3) is 5.26. The third-order valence-electron chi connectivity index (χ3n) is 7.67. The lowest BCUT2D eigenvalue weighted by Gasteiger charge is -2.33. The van der Waals surface area contributed by atoms with E-state index in [2.05, 4.69) is 0 Å². The molecule has 0 aromatic heterocycles. The van der Waals surface area contributed by atoms with Crippen LogP contribution in [-0.2, 0) is 28.7 Å². The molecule has 4 unspecified atom stereocenters. The maximum atomic E-state index is 12.5. The van der Waals surface area contributed by atoms with Gasteiger partial charge < -0.3 is 18.9 Å². The van der Waals surface area contributed by atoms with Crippen molar-refractivity contribution in [2.45, 2.75) is 24.7 Å². The summed E-state index contributed by atoms with van der Waals surface area (Å²) in [7, 11) is 0. The standard InChI is InChI=1S/C32H24O9/c33-27(19-4-2-1-3-5-19)13-8-18-6-9-20(10-7-18)38-17-39-21-11-12-22-23(25-16-28(34)40-30(25)35)15-26-29(24(22)14-21)32(37)41-31(26)36/h1-14,23,25-26,29H,15-17H2/b13-8+. The summed E-state index contributed by atoms with van der Waals surface area (Å²) in [5.74, 6) is -4.39. The minimum Gasteiger partial charge on any atom is -0.458 e. The van der Waals surface area contributed by atoms with Crippen LogP contribution in [0.4, 0.5) is 0 Å². The number of fused-ring (bicyclic) bond motifs is 3. The first-order valence-corrected chi connectivity index (χ1v) is 13.1. The number of carbonyl (C=O) groups excluding carboxylic acids is 5. The molecule has 2 fully saturated rings. The number of rotatable bonds is 8. The lowest BCUT2D eigenvalue weighted by Crippen LogP contribution is -2.31. The fraction of sp³-hybridized carbons (Fsp3) is 0.219. The predicted molar refractivity (Wildman–Crippen MR) is 143 cm³/mol. The molecule has 0 N–H and O–H groups in total. The highest BCUT2D eigenvalue weighted by Crippen LogP contribution is 2.51. The number of cyclic esters (lactones) is 4. The van der Waals surface area contributed by atoms with Gasteiger partial charge in [0, 0.05) is 5.56 Å². The first-order chi connectivity index (χ1) is 19.9. The summed E-state index contributed by atoms with van der Waals surface area (Å²) in [6.07, 6.45) is 3.38. The molecule has 9 nitrogen and oxygen atoms in total. The Morgan fingerprint density at radius 3 is 2.20 bits per heavy atom. The largest absolute Gasteiger partial charge is 0.458 e. The highest BCUT2D eigenvalue weighted by Gasteiger charge is 2.53. The minimum absolute atomic E-state index is 0.0761. The molecule has 0 amide bonds. The fourth-order valence-electron chi connectivity index (χ4n) is 5.66. The average Bonchev–Trinajstić information content (AvgIpc) is 3.47. The Bertz CT molecular complexity index is 1570. The number of ether oxygens (including phenoxy) is 4. The maximum Gasteiger partial charge on any atom is 0.321 e. The molecular formula is C32H24O9. The van der Waals surface area contributed by atoms with Crippen molar-refractivity contribution in [1.29, 1.82) is 0 Å². The zero-order valence-corrected chi connectivity index (χ0v) is 21.7. The molecule has 2 saturated heterocycles. The Kier molecular flexibility index (Phi) is 6.93. The van der Waals surface area contributed by atoms with Crippen LogP contribution in [0.3, 0.4) is 0 Å². The van der Waals surface area contributed by atoms with Crippen molar-refractivity contribution in [1.82, 2.24) is 0 Å². The molecule has 0 spiro atoms. The molecule has 3 aromatic rings. The second-order valence-electron chi connectivity index (χ2n) is 10.1. The lowest BCUT2D eigenvalue weighted by molar-refractivity contribution is -0.155. The number of esters is 4. The molecule has 4 atom stereocenters. The van der Waals surface area contributed by atoms with E-state index in [4.69, 9.17) is 18.9 Å². The van der Waals surface area contributed by atoms with Crippen LogP contribution in [0, 0.1) is 11.8 Å². The lowest BCUT2D eigenvalue weighted by atomic mass is 9.67. The maximum absolute atomic E-state index is 12.5. The molecule has 0 bridgehead atoms. The number of hydrogen-bond donors (Lipinski definition) is 0. The third-order valence-corrected chi connectivity index (χ3v) is 7.67. The predicted octanol–water partition coefficient (Wildman–Crippen LogP) is 4.36. The van der Waals surface area contributed by atoms with Crippen LogP contribution in [0.15, 0.2) is 78.9 Å². The first-order valence-electron chi connectivity index (χ1n) is 13.1. The van der Waals surface area contributed by atoms with Crippen molar-refractivity contribution in [2.75, 3.05) is 6.79 Å². The average molecular weight is 553 g/mol. The highest BCUT2D eigenvalue weighted by atomic mass is 16.7. The molecule has 2 aliphatic heterocycles. The zero-order valence-electron chi connectivity index (χ0n) is 21.7. The van der Waals surface area contributed by atoms with E-state index in [0.717, 1.165) is 5.56 Å². The zero-order chi connectivity index (χ0) is 28.5. The van der Waals surface area contributed by atoms with E-state index in [1.807, 2.05) is 30.3 Å². The van der Waals surface area contributed by atoms with Gasteiger partial charge in [-0.25, -0.2) is 0 Å². The fourth-order valence-corrected chi connectivity index (χ4v) is 5.66. The topological polar surface area (TPSA) is 122 Å². The van der Waals surface area contributed by atoms with Crippen LogP contribution in [0.1, 0.15) is 51.7 Å². The van der Waals surface area contributed by atoms with Crippen molar-refractivity contribution in [2.24, 2.45) is 11.8 Å². The van der Waals surface area contributed by atoms with Gasteiger partial charge in [0.15, 0.2) is 5.78 Å². The normalized spacial score (nSPS) is 23.1. The van der Waals surface area contributed by atoms with Gasteiger partial charge in [-0.3, -0.25) is 24.0 Å². The van der Waals surface area contributed by atoms with E-state index in [1.165, 1.54) is 6.08 Å². The summed E-state index contributed by atoms with van der Waals surface area (Å²) in [6.45, 7) is -0.134. The smallest absolute Gasteiger partial charge is 0.321 e. The van der Waals surface area contributed by atoms with E-state index in [9.17, 15) is 24.0 Å². The van der Waals surface area contributed by atoms with Crippen LogP contribution in [0.25, 0.3) is 6.08 Å². The van der Waals surface area contributed by atoms with Crippen molar-refractivity contribution in [3.8, 4) is 11.5 Å². The second-order valence-corrected chi connectivity index (χ2v) is 10.1. The Labute approximate surface area is 234 Å². The summed E-state index contributed by atoms with van der Waals surface area (Å²) in [5, 5.41) is 0. The van der Waals surface area contributed by atoms with Gasteiger partial charge in [0.2, 0.25) is 6.79 Å². The molecule has 2 heterocycles. The number of allylic oxidation sites excluding steroid dienone is 1. The Morgan fingerprint density at radius 1 is 0.756 bits per heavy atom. The van der Waals surface area contributed by atoms with Crippen molar-refractivity contribution < 1.29 is 42.9 Å². The Morgan fingerprint density at radius 2 is 1.46 bits per heavy atom. The molecule has 3 aromatic carbocycles. The molecule has 3 aliphatic rings. The van der Waals surface area contributed by atoms with Gasteiger partial charge in [0.05, 0.1) is 24.2 Å². The molecule has 41 heavy (non-hydrogen) atoms. The molecule has 1 aliphatic carbocycles. The summed E-state index contributed by atoms with van der Waals surface area (Å²) in [6, 6.07) is 21.2. The number of carbonyl (C=O) groups is 5. The quantitative estimate of drug-likeness (QED) is 0.132.